The maximum atomic E-state index is 11.9. The summed E-state index contributed by atoms with van der Waals surface area (Å²) in [5.74, 6) is 0.0665. The quantitative estimate of drug-likeness (QED) is 0.835. The fourth-order valence-corrected chi connectivity index (χ4v) is 2.50. The van der Waals surface area contributed by atoms with E-state index in [-0.39, 0.29) is 5.91 Å². The Morgan fingerprint density at radius 2 is 2.19 bits per heavy atom. The largest absolute Gasteiger partial charge is 0.376 e. The number of carbonyl (C=O) groups is 1. The van der Waals surface area contributed by atoms with Crippen LogP contribution in [0.5, 0.6) is 0 Å². The number of nitrogens with one attached hydrogen (secondary N) is 1. The lowest BCUT2D eigenvalue weighted by atomic mass is 10.2. The first-order valence-corrected chi connectivity index (χ1v) is 7.60. The Morgan fingerprint density at radius 3 is 2.86 bits per heavy atom. The van der Waals surface area contributed by atoms with E-state index >= 15 is 0 Å². The molecule has 21 heavy (non-hydrogen) atoms. The monoisotopic (exact) mass is 291 g/mol. The van der Waals surface area contributed by atoms with Gasteiger partial charge in [-0.25, -0.2) is 0 Å². The number of hydrogen-bond donors (Lipinski definition) is 2. The first kappa shape index (κ1) is 15.9. The zero-order chi connectivity index (χ0) is 15.1. The first-order chi connectivity index (χ1) is 10.2. The van der Waals surface area contributed by atoms with Gasteiger partial charge in [0.1, 0.15) is 0 Å². The lowest BCUT2D eigenvalue weighted by molar-refractivity contribution is -0.116. The van der Waals surface area contributed by atoms with Crippen molar-refractivity contribution in [2.24, 2.45) is 5.73 Å². The molecule has 0 aromatic heterocycles. The van der Waals surface area contributed by atoms with Gasteiger partial charge in [-0.3, -0.25) is 9.69 Å². The van der Waals surface area contributed by atoms with Crippen molar-refractivity contribution >= 4 is 11.6 Å². The fraction of sp³-hybridized carbons (Fsp3) is 0.562. The highest BCUT2D eigenvalue weighted by Gasteiger charge is 2.16. The molecule has 1 aromatic rings. The van der Waals surface area contributed by atoms with Crippen LogP contribution >= 0.6 is 0 Å². The normalized spacial score (nSPS) is 19.4. The van der Waals surface area contributed by atoms with E-state index in [1.165, 1.54) is 0 Å². The second kappa shape index (κ2) is 8.12. The van der Waals surface area contributed by atoms with E-state index in [1.807, 2.05) is 24.3 Å². The maximum absolute atomic E-state index is 11.9. The number of nitrogens with zero attached hydrogens (tertiary/aromatic N) is 1. The molecule has 0 radical (unpaired) electrons. The van der Waals surface area contributed by atoms with Crippen molar-refractivity contribution in [2.45, 2.75) is 32.4 Å². The number of amides is 1. The zero-order valence-electron chi connectivity index (χ0n) is 12.7. The predicted molar refractivity (Wildman–Crippen MR) is 84.1 cm³/mol. The smallest absolute Gasteiger partial charge is 0.224 e. The summed E-state index contributed by atoms with van der Waals surface area (Å²) in [6.45, 7) is 6.28. The van der Waals surface area contributed by atoms with E-state index in [0.29, 0.717) is 19.1 Å². The molecule has 1 fully saturated rings. The van der Waals surface area contributed by atoms with Gasteiger partial charge in [-0.2, -0.15) is 0 Å². The molecule has 0 saturated carbocycles. The Labute approximate surface area is 126 Å². The van der Waals surface area contributed by atoms with Crippen LogP contribution in [-0.4, -0.2) is 43.2 Å². The summed E-state index contributed by atoms with van der Waals surface area (Å²) in [6.07, 6.45) is 1.72. The number of hydrogen-bond acceptors (Lipinski definition) is 4. The van der Waals surface area contributed by atoms with E-state index < -0.39 is 0 Å². The average Bonchev–Trinajstić information content (AvgIpc) is 2.48. The molecule has 3 N–H and O–H groups in total. The van der Waals surface area contributed by atoms with E-state index in [0.717, 1.165) is 43.9 Å². The fourth-order valence-electron chi connectivity index (χ4n) is 2.50. The second-order valence-electron chi connectivity index (χ2n) is 5.53. The van der Waals surface area contributed by atoms with Gasteiger partial charge < -0.3 is 15.8 Å². The molecule has 116 valence electrons. The molecule has 0 bridgehead atoms. The predicted octanol–water partition coefficient (Wildman–Crippen LogP) is 1.58. The Hall–Kier alpha value is -1.43. The van der Waals surface area contributed by atoms with E-state index in [4.69, 9.17) is 10.5 Å². The van der Waals surface area contributed by atoms with Crippen molar-refractivity contribution in [1.82, 2.24) is 4.90 Å². The zero-order valence-corrected chi connectivity index (χ0v) is 12.7. The number of nitrogens with two attached hydrogens (primary N) is 1. The van der Waals surface area contributed by atoms with Crippen LogP contribution in [0.1, 0.15) is 25.3 Å². The Kier molecular flexibility index (Phi) is 6.17. The minimum absolute atomic E-state index is 0.0665. The van der Waals surface area contributed by atoms with Gasteiger partial charge in [0.25, 0.3) is 0 Å². The topological polar surface area (TPSA) is 67.6 Å². The highest BCUT2D eigenvalue weighted by atomic mass is 16.5. The van der Waals surface area contributed by atoms with Crippen LogP contribution in [0.3, 0.4) is 0 Å². The summed E-state index contributed by atoms with van der Waals surface area (Å²) in [5, 5.41) is 2.92. The summed E-state index contributed by atoms with van der Waals surface area (Å²) in [6, 6.07) is 7.66. The molecule has 0 aliphatic carbocycles. The summed E-state index contributed by atoms with van der Waals surface area (Å²) >= 11 is 0. The van der Waals surface area contributed by atoms with E-state index in [9.17, 15) is 4.79 Å². The van der Waals surface area contributed by atoms with Gasteiger partial charge in [-0.1, -0.05) is 12.1 Å². The number of anilines is 1. The van der Waals surface area contributed by atoms with E-state index in [1.54, 1.807) is 0 Å². The van der Waals surface area contributed by atoms with Crippen molar-refractivity contribution in [3.63, 3.8) is 0 Å². The van der Waals surface area contributed by atoms with Crippen LogP contribution in [0.25, 0.3) is 0 Å². The summed E-state index contributed by atoms with van der Waals surface area (Å²) < 4.78 is 5.50. The van der Waals surface area contributed by atoms with Crippen molar-refractivity contribution in [3.05, 3.63) is 29.8 Å². The van der Waals surface area contributed by atoms with Crippen LogP contribution in [0.2, 0.25) is 0 Å². The lowest BCUT2D eigenvalue weighted by Gasteiger charge is -2.30. The van der Waals surface area contributed by atoms with Crippen molar-refractivity contribution in [2.75, 3.05) is 31.6 Å². The SMILES string of the molecule is CC1CN(CCCC(=O)Nc2ccc(CN)cc2)CCO1. The van der Waals surface area contributed by atoms with Gasteiger partial charge >= 0.3 is 0 Å². The third kappa shape index (κ3) is 5.46. The third-order valence-electron chi connectivity index (χ3n) is 3.68. The molecule has 1 aliphatic rings. The molecular formula is C16H25N3O2. The Morgan fingerprint density at radius 1 is 1.43 bits per heavy atom. The standard InChI is InChI=1S/C16H25N3O2/c1-13-12-19(9-10-21-13)8-2-3-16(20)18-15-6-4-14(11-17)5-7-15/h4-7,13H,2-3,8-12,17H2,1H3,(H,18,20). The molecule has 1 aliphatic heterocycles. The minimum Gasteiger partial charge on any atom is -0.376 e. The Bertz CT molecular complexity index is 447. The molecule has 5 heteroatoms. The molecule has 2 rings (SSSR count). The Balaban J connectivity index is 1.67. The second-order valence-corrected chi connectivity index (χ2v) is 5.53. The highest BCUT2D eigenvalue weighted by Crippen LogP contribution is 2.10. The summed E-state index contributed by atoms with van der Waals surface area (Å²) in [7, 11) is 0. The van der Waals surface area contributed by atoms with Crippen LogP contribution < -0.4 is 11.1 Å². The summed E-state index contributed by atoms with van der Waals surface area (Å²) in [4.78, 5) is 14.3. The van der Waals surface area contributed by atoms with Gasteiger partial charge in [0, 0.05) is 31.7 Å². The van der Waals surface area contributed by atoms with Crippen LogP contribution in [0.4, 0.5) is 5.69 Å². The van der Waals surface area contributed by atoms with Gasteiger partial charge in [0.15, 0.2) is 0 Å². The molecule has 0 spiro atoms. The number of carbonyl (C=O) groups excluding carboxylic acids is 1. The molecule has 1 atom stereocenters. The van der Waals surface area contributed by atoms with Gasteiger partial charge in [0.05, 0.1) is 12.7 Å². The molecule has 1 amide bonds. The number of ether oxygens (including phenoxy) is 1. The molecule has 1 aromatic carbocycles. The van der Waals surface area contributed by atoms with Crippen molar-refractivity contribution in [1.29, 1.82) is 0 Å². The molecule has 1 heterocycles. The average molecular weight is 291 g/mol. The molecule has 5 nitrogen and oxygen atoms in total. The van der Waals surface area contributed by atoms with Crippen LogP contribution in [-0.2, 0) is 16.1 Å². The van der Waals surface area contributed by atoms with Crippen LogP contribution in [0, 0.1) is 0 Å². The number of rotatable bonds is 6. The molecular weight excluding hydrogens is 266 g/mol. The lowest BCUT2D eigenvalue weighted by Crippen LogP contribution is -2.41. The van der Waals surface area contributed by atoms with Crippen LogP contribution in [0.15, 0.2) is 24.3 Å². The van der Waals surface area contributed by atoms with E-state index in [2.05, 4.69) is 17.1 Å². The first-order valence-electron chi connectivity index (χ1n) is 7.60. The number of morpholine rings is 1. The van der Waals surface area contributed by atoms with Crippen molar-refractivity contribution in [3.8, 4) is 0 Å². The van der Waals surface area contributed by atoms with Crippen molar-refractivity contribution < 1.29 is 9.53 Å². The maximum Gasteiger partial charge on any atom is 0.224 e. The molecule has 1 unspecified atom stereocenters. The highest BCUT2D eigenvalue weighted by molar-refractivity contribution is 5.90. The minimum atomic E-state index is 0.0665. The molecule has 1 saturated heterocycles. The van der Waals surface area contributed by atoms with Gasteiger partial charge in [-0.05, 0) is 37.6 Å². The van der Waals surface area contributed by atoms with Gasteiger partial charge in [0.2, 0.25) is 5.91 Å². The van der Waals surface area contributed by atoms with Gasteiger partial charge in [-0.15, -0.1) is 0 Å². The number of benzene rings is 1. The summed E-state index contributed by atoms with van der Waals surface area (Å²) in [5.41, 5.74) is 7.44. The third-order valence-corrected chi connectivity index (χ3v) is 3.68.